The molecule has 2 aliphatic heterocycles. The Labute approximate surface area is 217 Å². The summed E-state index contributed by atoms with van der Waals surface area (Å²) in [4.78, 5) is 7.71. The van der Waals surface area contributed by atoms with Crippen LogP contribution in [0.25, 0.3) is 5.57 Å². The van der Waals surface area contributed by atoms with Gasteiger partial charge in [0, 0.05) is 75.4 Å². The maximum Gasteiger partial charge on any atom is 0.0947 e. The van der Waals surface area contributed by atoms with Crippen LogP contribution >= 0.6 is 12.4 Å². The second-order valence-corrected chi connectivity index (χ2v) is 11.1. The summed E-state index contributed by atoms with van der Waals surface area (Å²) in [6.07, 6.45) is 12.4. The SMILES string of the molecule is COC1CCN(c2ccc(N3CCN(Cc4ccoc4)CC3)c(C3=CCC(C)(C)CC3)c2)CC1.Cl. The van der Waals surface area contributed by atoms with E-state index in [0.717, 1.165) is 58.7 Å². The van der Waals surface area contributed by atoms with Crippen molar-refractivity contribution >= 4 is 29.4 Å². The van der Waals surface area contributed by atoms with Crippen LogP contribution in [0.1, 0.15) is 57.1 Å². The molecule has 0 radical (unpaired) electrons. The normalized spacial score (nSPS) is 21.5. The van der Waals surface area contributed by atoms with Gasteiger partial charge in [-0.05, 0) is 67.4 Å². The lowest BCUT2D eigenvalue weighted by Gasteiger charge is -2.39. The summed E-state index contributed by atoms with van der Waals surface area (Å²) in [5.74, 6) is 0. The second-order valence-electron chi connectivity index (χ2n) is 11.1. The lowest BCUT2D eigenvalue weighted by molar-refractivity contribution is 0.0819. The van der Waals surface area contributed by atoms with E-state index >= 15 is 0 Å². The number of furan rings is 1. The first kappa shape index (κ1) is 26.1. The van der Waals surface area contributed by atoms with Crippen LogP contribution in [0.2, 0.25) is 0 Å². The maximum atomic E-state index is 5.60. The molecule has 1 aromatic carbocycles. The molecule has 1 aromatic heterocycles. The number of methoxy groups -OCH3 is 1. The van der Waals surface area contributed by atoms with Crippen molar-refractivity contribution in [1.82, 2.24) is 4.90 Å². The Hall–Kier alpha value is -1.95. The molecule has 3 aliphatic rings. The molecular formula is C29H42ClN3O2. The van der Waals surface area contributed by atoms with Crippen LogP contribution in [-0.4, -0.2) is 57.4 Å². The largest absolute Gasteiger partial charge is 0.472 e. The lowest BCUT2D eigenvalue weighted by Crippen LogP contribution is -2.46. The van der Waals surface area contributed by atoms with Crippen molar-refractivity contribution in [3.05, 3.63) is 54.0 Å². The minimum atomic E-state index is 0. The van der Waals surface area contributed by atoms with E-state index in [2.05, 4.69) is 58.9 Å². The van der Waals surface area contributed by atoms with E-state index in [1.165, 1.54) is 41.8 Å². The van der Waals surface area contributed by atoms with Gasteiger partial charge in [-0.3, -0.25) is 4.90 Å². The Bertz CT molecular complexity index is 972. The topological polar surface area (TPSA) is 32.1 Å². The first-order chi connectivity index (χ1) is 16.5. The number of halogens is 1. The van der Waals surface area contributed by atoms with Gasteiger partial charge in [0.2, 0.25) is 0 Å². The summed E-state index contributed by atoms with van der Waals surface area (Å²) in [6.45, 7) is 12.3. The summed E-state index contributed by atoms with van der Waals surface area (Å²) < 4.78 is 10.9. The number of hydrogen-bond donors (Lipinski definition) is 0. The molecule has 2 aromatic rings. The predicted octanol–water partition coefficient (Wildman–Crippen LogP) is 6.23. The average molecular weight is 500 g/mol. The fourth-order valence-electron chi connectivity index (χ4n) is 5.71. The fourth-order valence-corrected chi connectivity index (χ4v) is 5.71. The van der Waals surface area contributed by atoms with Gasteiger partial charge in [-0.1, -0.05) is 19.9 Å². The minimum Gasteiger partial charge on any atom is -0.472 e. The molecule has 35 heavy (non-hydrogen) atoms. The Balaban J connectivity index is 0.00000289. The van der Waals surface area contributed by atoms with Crippen LogP contribution < -0.4 is 9.80 Å². The van der Waals surface area contributed by atoms with E-state index in [0.29, 0.717) is 11.5 Å². The van der Waals surface area contributed by atoms with E-state index in [1.54, 1.807) is 11.8 Å². The van der Waals surface area contributed by atoms with Gasteiger partial charge in [-0.25, -0.2) is 0 Å². The van der Waals surface area contributed by atoms with E-state index in [-0.39, 0.29) is 12.4 Å². The van der Waals surface area contributed by atoms with Crippen LogP contribution in [-0.2, 0) is 11.3 Å². The summed E-state index contributed by atoms with van der Waals surface area (Å²) in [5, 5.41) is 0. The first-order valence-corrected chi connectivity index (χ1v) is 13.1. The average Bonchev–Trinajstić information content (AvgIpc) is 3.37. The number of allylic oxidation sites excluding steroid dienone is 2. The third-order valence-corrected chi connectivity index (χ3v) is 8.14. The molecule has 0 saturated carbocycles. The molecule has 5 rings (SSSR count). The van der Waals surface area contributed by atoms with Gasteiger partial charge in [0.1, 0.15) is 0 Å². The summed E-state index contributed by atoms with van der Waals surface area (Å²) >= 11 is 0. The smallest absolute Gasteiger partial charge is 0.0947 e. The van der Waals surface area contributed by atoms with E-state index < -0.39 is 0 Å². The Morgan fingerprint density at radius 3 is 2.40 bits per heavy atom. The van der Waals surface area contributed by atoms with Crippen molar-refractivity contribution in [1.29, 1.82) is 0 Å². The number of benzene rings is 1. The van der Waals surface area contributed by atoms with Crippen LogP contribution in [0, 0.1) is 5.41 Å². The Kier molecular flexibility index (Phi) is 8.51. The van der Waals surface area contributed by atoms with Gasteiger partial charge in [0.05, 0.1) is 18.6 Å². The summed E-state index contributed by atoms with van der Waals surface area (Å²) in [5.41, 5.74) is 7.49. The zero-order valence-electron chi connectivity index (χ0n) is 21.7. The molecule has 0 spiro atoms. The Morgan fingerprint density at radius 1 is 1.00 bits per heavy atom. The monoisotopic (exact) mass is 499 g/mol. The molecule has 5 nitrogen and oxygen atoms in total. The molecule has 0 bridgehead atoms. The molecule has 0 N–H and O–H groups in total. The molecule has 192 valence electrons. The predicted molar refractivity (Wildman–Crippen MR) is 148 cm³/mol. The third-order valence-electron chi connectivity index (χ3n) is 8.14. The molecule has 0 unspecified atom stereocenters. The quantitative estimate of drug-likeness (QED) is 0.470. The first-order valence-electron chi connectivity index (χ1n) is 13.1. The number of ether oxygens (including phenoxy) is 1. The zero-order chi connectivity index (χ0) is 23.5. The third kappa shape index (κ3) is 6.25. The van der Waals surface area contributed by atoms with Gasteiger partial charge in [0.15, 0.2) is 0 Å². The van der Waals surface area contributed by atoms with Gasteiger partial charge in [0.25, 0.3) is 0 Å². The fraction of sp³-hybridized carbons (Fsp3) is 0.586. The van der Waals surface area contributed by atoms with Crippen molar-refractivity contribution in [2.24, 2.45) is 5.41 Å². The van der Waals surface area contributed by atoms with Crippen molar-refractivity contribution in [2.75, 3.05) is 56.2 Å². The van der Waals surface area contributed by atoms with Gasteiger partial charge >= 0.3 is 0 Å². The molecular weight excluding hydrogens is 458 g/mol. The number of hydrogen-bond acceptors (Lipinski definition) is 5. The van der Waals surface area contributed by atoms with E-state index in [9.17, 15) is 0 Å². The molecule has 0 amide bonds. The van der Waals surface area contributed by atoms with Gasteiger partial charge < -0.3 is 19.0 Å². The summed E-state index contributed by atoms with van der Waals surface area (Å²) in [7, 11) is 1.85. The van der Waals surface area contributed by atoms with Crippen molar-refractivity contribution in [3.8, 4) is 0 Å². The summed E-state index contributed by atoms with van der Waals surface area (Å²) in [6, 6.07) is 9.33. The van der Waals surface area contributed by atoms with Crippen LogP contribution in [0.15, 0.2) is 47.3 Å². The van der Waals surface area contributed by atoms with Crippen LogP contribution in [0.4, 0.5) is 11.4 Å². The highest BCUT2D eigenvalue weighted by Crippen LogP contribution is 2.42. The minimum absolute atomic E-state index is 0. The van der Waals surface area contributed by atoms with Gasteiger partial charge in [-0.2, -0.15) is 0 Å². The highest BCUT2D eigenvalue weighted by atomic mass is 35.5. The number of piperazine rings is 1. The Morgan fingerprint density at radius 2 is 1.77 bits per heavy atom. The number of piperidine rings is 1. The molecule has 6 heteroatoms. The lowest BCUT2D eigenvalue weighted by atomic mass is 9.76. The number of nitrogens with zero attached hydrogens (tertiary/aromatic N) is 3. The second kappa shape index (κ2) is 11.4. The molecule has 2 fully saturated rings. The van der Waals surface area contributed by atoms with Crippen molar-refractivity contribution < 1.29 is 9.15 Å². The van der Waals surface area contributed by atoms with Crippen molar-refractivity contribution in [2.45, 2.75) is 58.6 Å². The molecule has 3 heterocycles. The zero-order valence-corrected chi connectivity index (χ0v) is 22.5. The number of anilines is 2. The highest BCUT2D eigenvalue weighted by Gasteiger charge is 2.27. The van der Waals surface area contributed by atoms with E-state index in [4.69, 9.17) is 9.15 Å². The molecule has 2 saturated heterocycles. The standard InChI is InChI=1S/C29H41N3O2.ClH/c1-29(2)11-6-24(7-12-29)27-20-25(31-13-8-26(33-3)9-14-31)4-5-28(27)32-17-15-30(16-18-32)21-23-10-19-34-22-23;/h4-6,10,19-20,22,26H,7-9,11-18,21H2,1-3H3;1H. The number of rotatable bonds is 6. The molecule has 0 atom stereocenters. The van der Waals surface area contributed by atoms with Crippen LogP contribution in [0.5, 0.6) is 0 Å². The molecule has 1 aliphatic carbocycles. The van der Waals surface area contributed by atoms with Gasteiger partial charge in [-0.15, -0.1) is 12.4 Å². The van der Waals surface area contributed by atoms with Crippen LogP contribution in [0.3, 0.4) is 0 Å². The maximum absolute atomic E-state index is 5.60. The van der Waals surface area contributed by atoms with Crippen molar-refractivity contribution in [3.63, 3.8) is 0 Å². The van der Waals surface area contributed by atoms with E-state index in [1.807, 2.05) is 13.4 Å². The highest BCUT2D eigenvalue weighted by molar-refractivity contribution is 5.85.